The number of pyridine rings is 1. The molecule has 0 amide bonds. The first-order valence-corrected chi connectivity index (χ1v) is 10.3. The normalized spacial score (nSPS) is 27.2. The summed E-state index contributed by atoms with van der Waals surface area (Å²) in [7, 11) is 0. The van der Waals surface area contributed by atoms with Gasteiger partial charge in [-0.1, -0.05) is 18.6 Å². The third kappa shape index (κ3) is 2.83. The predicted molar refractivity (Wildman–Crippen MR) is 110 cm³/mol. The fourth-order valence-corrected chi connectivity index (χ4v) is 5.55. The number of hydrogen-bond acceptors (Lipinski definition) is 4. The molecule has 5 rings (SSSR count). The summed E-state index contributed by atoms with van der Waals surface area (Å²) in [4.78, 5) is 14.3. The summed E-state index contributed by atoms with van der Waals surface area (Å²) < 4.78 is 57.7. The molecule has 32 heavy (non-hydrogen) atoms. The van der Waals surface area contributed by atoms with Crippen LogP contribution in [0.2, 0.25) is 0 Å². The number of alkyl halides is 3. The Bertz CT molecular complexity index is 1270. The van der Waals surface area contributed by atoms with Gasteiger partial charge in [-0.2, -0.15) is 13.2 Å². The summed E-state index contributed by atoms with van der Waals surface area (Å²) in [5.74, 6) is -3.63. The number of halogens is 4. The van der Waals surface area contributed by atoms with Crippen molar-refractivity contribution in [1.82, 2.24) is 4.98 Å². The summed E-state index contributed by atoms with van der Waals surface area (Å²) in [5, 5.41) is 25.0. The summed E-state index contributed by atoms with van der Waals surface area (Å²) >= 11 is 0. The zero-order chi connectivity index (χ0) is 22.8. The van der Waals surface area contributed by atoms with Crippen LogP contribution in [0.15, 0.2) is 47.3 Å². The summed E-state index contributed by atoms with van der Waals surface area (Å²) in [6, 6.07) is 7.87. The van der Waals surface area contributed by atoms with Crippen LogP contribution in [-0.2, 0) is 0 Å². The van der Waals surface area contributed by atoms with Gasteiger partial charge in [-0.3, -0.25) is 4.79 Å². The number of fused-ring (bicyclic) bond motifs is 4. The van der Waals surface area contributed by atoms with Crippen LogP contribution < -0.4 is 10.9 Å². The maximum Gasteiger partial charge on any atom is 0.419 e. The van der Waals surface area contributed by atoms with E-state index in [1.54, 1.807) is 18.2 Å². The van der Waals surface area contributed by atoms with Gasteiger partial charge in [0.05, 0.1) is 11.6 Å². The Kier molecular flexibility index (Phi) is 4.53. The van der Waals surface area contributed by atoms with Gasteiger partial charge < -0.3 is 20.5 Å². The predicted octanol–water partition coefficient (Wildman–Crippen LogP) is 4.72. The lowest BCUT2D eigenvalue weighted by atomic mass is 9.64. The van der Waals surface area contributed by atoms with E-state index in [1.807, 2.05) is 0 Å². The molecular formula is C23H20F4N2O3. The number of nitrogens with one attached hydrogen (secondary N) is 2. The van der Waals surface area contributed by atoms with Gasteiger partial charge in [0.25, 0.3) is 0 Å². The lowest BCUT2D eigenvalue weighted by molar-refractivity contribution is -0.290. The third-order valence-electron chi connectivity index (χ3n) is 6.92. The Labute approximate surface area is 179 Å². The Morgan fingerprint density at radius 1 is 1.09 bits per heavy atom. The van der Waals surface area contributed by atoms with Crippen molar-refractivity contribution in [3.63, 3.8) is 0 Å². The van der Waals surface area contributed by atoms with Gasteiger partial charge >= 0.3 is 6.18 Å². The van der Waals surface area contributed by atoms with Crippen LogP contribution in [0.25, 0.3) is 10.9 Å². The molecule has 1 aromatic heterocycles. The van der Waals surface area contributed by atoms with Crippen molar-refractivity contribution in [2.75, 3.05) is 5.32 Å². The van der Waals surface area contributed by atoms with Crippen LogP contribution >= 0.6 is 0 Å². The maximum absolute atomic E-state index is 14.5. The molecular weight excluding hydrogens is 428 g/mol. The molecule has 9 heteroatoms. The standard InChI is InChI=1S/C23H20F4N2O3/c24-15-9-7-13-19(20(15)31)11-3-1-4-14(11)22(32,23(25,26)27)21(13)29-17-6-2-5-16-12(17)8-10-18(30)28-16/h2,5-11,14,21,29,31-32H,1,3-4H2,(H,28,30)/t11-,14+,21+,22-/m0/s1. The van der Waals surface area contributed by atoms with Crippen LogP contribution in [0.5, 0.6) is 5.75 Å². The van der Waals surface area contributed by atoms with E-state index in [0.29, 0.717) is 23.7 Å². The fraction of sp³-hybridized carbons (Fsp3) is 0.348. The zero-order valence-corrected chi connectivity index (χ0v) is 16.7. The molecule has 2 aliphatic rings. The molecule has 0 saturated heterocycles. The van der Waals surface area contributed by atoms with Crippen LogP contribution in [-0.4, -0.2) is 27.0 Å². The van der Waals surface area contributed by atoms with Gasteiger partial charge in [0.2, 0.25) is 5.56 Å². The van der Waals surface area contributed by atoms with E-state index in [2.05, 4.69) is 10.3 Å². The molecule has 5 nitrogen and oxygen atoms in total. The first-order chi connectivity index (χ1) is 15.1. The molecule has 3 aromatic rings. The molecule has 1 heterocycles. The highest BCUT2D eigenvalue weighted by atomic mass is 19.4. The second-order valence-electron chi connectivity index (χ2n) is 8.53. The first kappa shape index (κ1) is 20.8. The number of H-pyrrole nitrogens is 1. The molecule has 2 aromatic carbocycles. The highest BCUT2D eigenvalue weighted by molar-refractivity contribution is 5.91. The minimum absolute atomic E-state index is 0.00769. The Morgan fingerprint density at radius 3 is 2.62 bits per heavy atom. The van der Waals surface area contributed by atoms with Gasteiger partial charge in [0, 0.05) is 28.6 Å². The number of aliphatic hydroxyl groups is 1. The second kappa shape index (κ2) is 6.96. The number of aromatic amines is 1. The monoisotopic (exact) mass is 448 g/mol. The average Bonchev–Trinajstić information content (AvgIpc) is 3.22. The molecule has 0 spiro atoms. The van der Waals surface area contributed by atoms with E-state index in [1.165, 1.54) is 18.2 Å². The molecule has 1 fully saturated rings. The number of benzene rings is 2. The van der Waals surface area contributed by atoms with Crippen molar-refractivity contribution < 1.29 is 27.8 Å². The summed E-state index contributed by atoms with van der Waals surface area (Å²) in [6.07, 6.45) is -4.16. The minimum atomic E-state index is -4.99. The number of phenols is 1. The van der Waals surface area contributed by atoms with Gasteiger partial charge in [-0.25, -0.2) is 4.39 Å². The van der Waals surface area contributed by atoms with E-state index in [9.17, 15) is 32.6 Å². The molecule has 168 valence electrons. The molecule has 4 atom stereocenters. The van der Waals surface area contributed by atoms with E-state index in [4.69, 9.17) is 0 Å². The van der Waals surface area contributed by atoms with Crippen LogP contribution in [0, 0.1) is 11.7 Å². The molecule has 4 N–H and O–H groups in total. The van der Waals surface area contributed by atoms with Crippen molar-refractivity contribution >= 4 is 16.6 Å². The maximum atomic E-state index is 14.5. The van der Waals surface area contributed by atoms with Crippen molar-refractivity contribution in [1.29, 1.82) is 0 Å². The van der Waals surface area contributed by atoms with Crippen molar-refractivity contribution in [3.05, 3.63) is 69.8 Å². The van der Waals surface area contributed by atoms with E-state index in [0.717, 1.165) is 6.07 Å². The second-order valence-corrected chi connectivity index (χ2v) is 8.53. The van der Waals surface area contributed by atoms with Crippen molar-refractivity contribution in [2.45, 2.75) is 43.0 Å². The Balaban J connectivity index is 1.75. The number of hydrogen-bond donors (Lipinski definition) is 4. The van der Waals surface area contributed by atoms with E-state index < -0.39 is 41.2 Å². The third-order valence-corrected chi connectivity index (χ3v) is 6.92. The van der Waals surface area contributed by atoms with Crippen LogP contribution in [0.4, 0.5) is 23.2 Å². The van der Waals surface area contributed by atoms with Gasteiger partial charge in [-0.15, -0.1) is 0 Å². The summed E-state index contributed by atoms with van der Waals surface area (Å²) in [6.45, 7) is 0. The highest BCUT2D eigenvalue weighted by Gasteiger charge is 2.68. The lowest BCUT2D eigenvalue weighted by Gasteiger charge is -2.49. The summed E-state index contributed by atoms with van der Waals surface area (Å²) in [5.41, 5.74) is -2.71. The number of rotatable bonds is 2. The molecule has 0 bridgehead atoms. The topological polar surface area (TPSA) is 85.3 Å². The molecule has 0 radical (unpaired) electrons. The van der Waals surface area contributed by atoms with Crippen molar-refractivity contribution in [3.8, 4) is 5.75 Å². The fourth-order valence-electron chi connectivity index (χ4n) is 5.55. The van der Waals surface area contributed by atoms with E-state index in [-0.39, 0.29) is 28.8 Å². The van der Waals surface area contributed by atoms with Crippen molar-refractivity contribution in [2.24, 2.45) is 5.92 Å². The van der Waals surface area contributed by atoms with Gasteiger partial charge in [-0.05, 0) is 48.6 Å². The molecule has 0 aliphatic heterocycles. The first-order valence-electron chi connectivity index (χ1n) is 10.3. The Hall–Kier alpha value is -3.07. The Morgan fingerprint density at radius 2 is 1.88 bits per heavy atom. The molecule has 0 unspecified atom stereocenters. The minimum Gasteiger partial charge on any atom is -0.505 e. The smallest absolute Gasteiger partial charge is 0.419 e. The quantitative estimate of drug-likeness (QED) is 0.428. The molecule has 2 aliphatic carbocycles. The number of phenolic OH excluding ortho intramolecular Hbond substituents is 1. The highest BCUT2D eigenvalue weighted by Crippen LogP contribution is 2.62. The largest absolute Gasteiger partial charge is 0.505 e. The lowest BCUT2D eigenvalue weighted by Crippen LogP contribution is -2.60. The average molecular weight is 448 g/mol. The van der Waals surface area contributed by atoms with E-state index >= 15 is 0 Å². The number of aromatic hydroxyl groups is 1. The zero-order valence-electron chi connectivity index (χ0n) is 16.7. The van der Waals surface area contributed by atoms with Crippen LogP contribution in [0.1, 0.15) is 42.3 Å². The number of anilines is 1. The molecule has 1 saturated carbocycles. The van der Waals surface area contributed by atoms with Gasteiger partial charge in [0.1, 0.15) is 0 Å². The number of aromatic nitrogens is 1. The van der Waals surface area contributed by atoms with Gasteiger partial charge in [0.15, 0.2) is 17.2 Å². The SMILES string of the molecule is O=c1ccc2c(N[C@@H]3c4ccc(F)c(O)c4[C@H]4CCC[C@H]4[C@@]3(O)C(F)(F)F)cccc2[nH]1. The van der Waals surface area contributed by atoms with Crippen LogP contribution in [0.3, 0.4) is 0 Å².